The summed E-state index contributed by atoms with van der Waals surface area (Å²) in [4.78, 5) is 0. The van der Waals surface area contributed by atoms with Crippen molar-refractivity contribution in [1.82, 2.24) is 0 Å². The molecule has 0 aliphatic heterocycles. The van der Waals surface area contributed by atoms with Gasteiger partial charge in [-0.15, -0.1) is 0 Å². The van der Waals surface area contributed by atoms with Crippen LogP contribution in [-0.2, 0) is 0 Å². The summed E-state index contributed by atoms with van der Waals surface area (Å²) in [5, 5.41) is 9.47. The third-order valence-corrected chi connectivity index (χ3v) is 1.94. The van der Waals surface area contributed by atoms with Gasteiger partial charge in [0, 0.05) is 0 Å². The zero-order chi connectivity index (χ0) is 9.68. The fraction of sp³-hybridized carbons (Fsp3) is 0.455. The number of phenolic OH excluding ortho intramolecular Hbond substituents is 1. The Morgan fingerprint density at radius 2 is 2.15 bits per heavy atom. The van der Waals surface area contributed by atoms with E-state index in [0.29, 0.717) is 12.4 Å². The maximum absolute atomic E-state index is 9.47. The van der Waals surface area contributed by atoms with Gasteiger partial charge < -0.3 is 9.84 Å². The first-order chi connectivity index (χ1) is 6.25. The molecule has 2 heteroatoms. The standard InChI is InChI=1S/C11H16O2/c1-3-4-8-13-11-9(2)6-5-7-10(11)12/h5-7,12H,3-4,8H2,1-2H3. The number of phenols is 1. The first-order valence-corrected chi connectivity index (χ1v) is 4.67. The molecule has 2 nitrogen and oxygen atoms in total. The number of aryl methyl sites for hydroxylation is 1. The number of rotatable bonds is 4. The van der Waals surface area contributed by atoms with E-state index in [0.717, 1.165) is 18.4 Å². The van der Waals surface area contributed by atoms with E-state index < -0.39 is 0 Å². The lowest BCUT2D eigenvalue weighted by Gasteiger charge is -2.09. The van der Waals surface area contributed by atoms with Crippen molar-refractivity contribution in [3.8, 4) is 11.5 Å². The predicted octanol–water partition coefficient (Wildman–Crippen LogP) is 2.88. The molecule has 0 heterocycles. The summed E-state index contributed by atoms with van der Waals surface area (Å²) in [6.07, 6.45) is 2.13. The molecule has 0 atom stereocenters. The van der Waals surface area contributed by atoms with E-state index in [1.165, 1.54) is 0 Å². The van der Waals surface area contributed by atoms with Crippen molar-refractivity contribution in [3.63, 3.8) is 0 Å². The van der Waals surface area contributed by atoms with Gasteiger partial charge >= 0.3 is 0 Å². The number of hydrogen-bond donors (Lipinski definition) is 1. The van der Waals surface area contributed by atoms with Gasteiger partial charge in [0.05, 0.1) is 6.61 Å². The summed E-state index contributed by atoms with van der Waals surface area (Å²) in [7, 11) is 0. The van der Waals surface area contributed by atoms with Crippen molar-refractivity contribution in [3.05, 3.63) is 23.8 Å². The van der Waals surface area contributed by atoms with E-state index in [1.807, 2.05) is 19.1 Å². The summed E-state index contributed by atoms with van der Waals surface area (Å²) in [6.45, 7) is 4.72. The third kappa shape index (κ3) is 2.65. The van der Waals surface area contributed by atoms with Gasteiger partial charge in [-0.2, -0.15) is 0 Å². The van der Waals surface area contributed by atoms with Gasteiger partial charge in [0.2, 0.25) is 0 Å². The second-order valence-corrected chi connectivity index (χ2v) is 3.13. The van der Waals surface area contributed by atoms with E-state index in [2.05, 4.69) is 6.92 Å². The largest absolute Gasteiger partial charge is 0.504 e. The van der Waals surface area contributed by atoms with Crippen molar-refractivity contribution in [2.24, 2.45) is 0 Å². The van der Waals surface area contributed by atoms with Gasteiger partial charge in [-0.25, -0.2) is 0 Å². The Kier molecular flexibility index (Phi) is 3.62. The minimum atomic E-state index is 0.233. The first kappa shape index (κ1) is 9.90. The molecule has 13 heavy (non-hydrogen) atoms. The van der Waals surface area contributed by atoms with Crippen LogP contribution in [0.25, 0.3) is 0 Å². The van der Waals surface area contributed by atoms with Crippen molar-refractivity contribution in [2.75, 3.05) is 6.61 Å². The van der Waals surface area contributed by atoms with Crippen molar-refractivity contribution in [1.29, 1.82) is 0 Å². The Balaban J connectivity index is 2.64. The van der Waals surface area contributed by atoms with Crippen LogP contribution in [0.15, 0.2) is 18.2 Å². The fourth-order valence-corrected chi connectivity index (χ4v) is 1.14. The average molecular weight is 180 g/mol. The third-order valence-electron chi connectivity index (χ3n) is 1.94. The lowest BCUT2D eigenvalue weighted by molar-refractivity contribution is 0.291. The summed E-state index contributed by atoms with van der Waals surface area (Å²) in [5.74, 6) is 0.854. The van der Waals surface area contributed by atoms with Gasteiger partial charge in [-0.3, -0.25) is 0 Å². The molecule has 1 N–H and O–H groups in total. The molecular weight excluding hydrogens is 164 g/mol. The highest BCUT2D eigenvalue weighted by atomic mass is 16.5. The molecule has 0 radical (unpaired) electrons. The Labute approximate surface area is 79.2 Å². The van der Waals surface area contributed by atoms with Gasteiger partial charge in [-0.05, 0) is 25.0 Å². The maximum atomic E-state index is 9.47. The van der Waals surface area contributed by atoms with Crippen LogP contribution < -0.4 is 4.74 Å². The van der Waals surface area contributed by atoms with E-state index in [1.54, 1.807) is 6.07 Å². The van der Waals surface area contributed by atoms with Gasteiger partial charge in [0.25, 0.3) is 0 Å². The SMILES string of the molecule is CCCCOc1c(C)cccc1O. The monoisotopic (exact) mass is 180 g/mol. The quantitative estimate of drug-likeness (QED) is 0.722. The average Bonchev–Trinajstić information content (AvgIpc) is 2.10. The molecule has 0 saturated carbocycles. The molecular formula is C11H16O2. The molecule has 72 valence electrons. The minimum Gasteiger partial charge on any atom is -0.504 e. The molecule has 0 spiro atoms. The van der Waals surface area contributed by atoms with Crippen molar-refractivity contribution >= 4 is 0 Å². The number of ether oxygens (including phenoxy) is 1. The molecule has 0 aliphatic carbocycles. The van der Waals surface area contributed by atoms with Crippen molar-refractivity contribution < 1.29 is 9.84 Å². The highest BCUT2D eigenvalue weighted by Gasteiger charge is 2.03. The van der Waals surface area contributed by atoms with Crippen LogP contribution in [0.3, 0.4) is 0 Å². The van der Waals surface area contributed by atoms with Gasteiger partial charge in [0.1, 0.15) is 0 Å². The smallest absolute Gasteiger partial charge is 0.163 e. The van der Waals surface area contributed by atoms with Gasteiger partial charge in [-0.1, -0.05) is 25.5 Å². The molecule has 0 unspecified atom stereocenters. The van der Waals surface area contributed by atoms with Crippen LogP contribution >= 0.6 is 0 Å². The lowest BCUT2D eigenvalue weighted by atomic mass is 10.2. The Morgan fingerprint density at radius 3 is 2.77 bits per heavy atom. The summed E-state index contributed by atoms with van der Waals surface area (Å²) >= 11 is 0. The van der Waals surface area contributed by atoms with Crippen molar-refractivity contribution in [2.45, 2.75) is 26.7 Å². The summed E-state index contributed by atoms with van der Waals surface area (Å²) in [6, 6.07) is 5.40. The number of unbranched alkanes of at least 4 members (excludes halogenated alkanes) is 1. The molecule has 0 aliphatic rings. The van der Waals surface area contributed by atoms with Gasteiger partial charge in [0.15, 0.2) is 11.5 Å². The molecule has 1 rings (SSSR count). The van der Waals surface area contributed by atoms with E-state index >= 15 is 0 Å². The number of aromatic hydroxyl groups is 1. The number of hydrogen-bond acceptors (Lipinski definition) is 2. The Hall–Kier alpha value is -1.18. The Morgan fingerprint density at radius 1 is 1.38 bits per heavy atom. The number of benzene rings is 1. The highest BCUT2D eigenvalue weighted by molar-refractivity contribution is 5.44. The van der Waals surface area contributed by atoms with Crippen LogP contribution in [0.2, 0.25) is 0 Å². The molecule has 0 saturated heterocycles. The highest BCUT2D eigenvalue weighted by Crippen LogP contribution is 2.29. The molecule has 0 aromatic heterocycles. The van der Waals surface area contributed by atoms with Crippen LogP contribution in [0.1, 0.15) is 25.3 Å². The molecule has 0 fully saturated rings. The predicted molar refractivity (Wildman–Crippen MR) is 53.2 cm³/mol. The molecule has 1 aromatic rings. The molecule has 0 bridgehead atoms. The summed E-state index contributed by atoms with van der Waals surface area (Å²) in [5.41, 5.74) is 0.983. The van der Waals surface area contributed by atoms with Crippen LogP contribution in [0.5, 0.6) is 11.5 Å². The van der Waals surface area contributed by atoms with Crippen LogP contribution in [0.4, 0.5) is 0 Å². The normalized spacial score (nSPS) is 10.0. The maximum Gasteiger partial charge on any atom is 0.163 e. The first-order valence-electron chi connectivity index (χ1n) is 4.67. The molecule has 1 aromatic carbocycles. The zero-order valence-electron chi connectivity index (χ0n) is 8.21. The van der Waals surface area contributed by atoms with E-state index in [-0.39, 0.29) is 5.75 Å². The Bertz CT molecular complexity index is 249. The second kappa shape index (κ2) is 4.75. The molecule has 0 amide bonds. The van der Waals surface area contributed by atoms with E-state index in [9.17, 15) is 5.11 Å². The second-order valence-electron chi connectivity index (χ2n) is 3.13. The minimum absolute atomic E-state index is 0.233. The lowest BCUT2D eigenvalue weighted by Crippen LogP contribution is -1.98. The van der Waals surface area contributed by atoms with Crippen LogP contribution in [0, 0.1) is 6.92 Å². The van der Waals surface area contributed by atoms with E-state index in [4.69, 9.17) is 4.74 Å². The van der Waals surface area contributed by atoms with Crippen LogP contribution in [-0.4, -0.2) is 11.7 Å². The fourth-order valence-electron chi connectivity index (χ4n) is 1.14. The number of para-hydroxylation sites is 1. The topological polar surface area (TPSA) is 29.5 Å². The summed E-state index contributed by atoms with van der Waals surface area (Å²) < 4.78 is 5.46. The zero-order valence-corrected chi connectivity index (χ0v) is 8.21.